The molecule has 4 saturated heterocycles. The average molecular weight is 623 g/mol. The highest BCUT2D eigenvalue weighted by atomic mass is 32.2. The highest BCUT2D eigenvalue weighted by Crippen LogP contribution is 2.48. The predicted octanol–water partition coefficient (Wildman–Crippen LogP) is 3.39. The number of piperazine rings is 1. The van der Waals surface area contributed by atoms with Crippen LogP contribution in [0.15, 0.2) is 12.7 Å². The lowest BCUT2D eigenvalue weighted by molar-refractivity contribution is -0.131. The predicted molar refractivity (Wildman–Crippen MR) is 167 cm³/mol. The summed E-state index contributed by atoms with van der Waals surface area (Å²) in [4.78, 5) is 33.0. The summed E-state index contributed by atoms with van der Waals surface area (Å²) in [6.07, 6.45) is 2.90. The van der Waals surface area contributed by atoms with Gasteiger partial charge in [0, 0.05) is 73.2 Å². The van der Waals surface area contributed by atoms with Crippen molar-refractivity contribution in [1.29, 1.82) is 0 Å². The summed E-state index contributed by atoms with van der Waals surface area (Å²) in [5, 5.41) is 11.1. The van der Waals surface area contributed by atoms with Gasteiger partial charge in [-0.2, -0.15) is 11.8 Å². The molecule has 4 heterocycles. The molecular weight excluding hydrogens is 570 g/mol. The van der Waals surface area contributed by atoms with Crippen molar-refractivity contribution in [3.8, 4) is 0 Å². The Morgan fingerprint density at radius 1 is 1.07 bits per heavy atom. The van der Waals surface area contributed by atoms with Crippen molar-refractivity contribution >= 4 is 23.7 Å². The number of rotatable bonds is 3. The number of nitrogens with zero attached hydrogens (tertiary/aromatic N) is 3. The molecule has 2 bridgehead atoms. The van der Waals surface area contributed by atoms with Crippen LogP contribution in [0.2, 0.25) is 0 Å². The number of piperidine rings is 1. The molecule has 0 spiro atoms. The second-order valence-corrected chi connectivity index (χ2v) is 15.6. The minimum absolute atomic E-state index is 0.00161. The fourth-order valence-corrected chi connectivity index (χ4v) is 10.9. The maximum Gasteiger partial charge on any atom is 0.319 e. The molecule has 2 aliphatic carbocycles. The Labute approximate surface area is 260 Å². The molecule has 6 rings (SSSR count). The van der Waals surface area contributed by atoms with Crippen molar-refractivity contribution in [3.05, 3.63) is 12.7 Å². The third kappa shape index (κ3) is 5.97. The van der Waals surface area contributed by atoms with Crippen molar-refractivity contribution in [2.24, 2.45) is 23.7 Å². The minimum Gasteiger partial charge on any atom is -0.336 e. The molecule has 11 unspecified atom stereocenters. The first-order chi connectivity index (χ1) is 20.7. The van der Waals surface area contributed by atoms with E-state index in [1.807, 2.05) is 11.8 Å². The molecule has 6 fully saturated rings. The number of nitrogens with one attached hydrogen (secondary N) is 3. The number of urea groups is 1. The fourth-order valence-electron chi connectivity index (χ4n) is 9.62. The number of thioether (sulfide) groups is 1. The Kier molecular flexibility index (Phi) is 9.63. The summed E-state index contributed by atoms with van der Waals surface area (Å²) in [7, 11) is 0. The molecule has 12 atom stereocenters. The molecular formula is C32H52F2N6O2S. The van der Waals surface area contributed by atoms with Crippen LogP contribution in [-0.2, 0) is 4.79 Å². The minimum atomic E-state index is -1.12. The third-order valence-corrected chi connectivity index (χ3v) is 13.0. The highest BCUT2D eigenvalue weighted by Gasteiger charge is 2.57. The third-order valence-electron chi connectivity index (χ3n) is 11.6. The van der Waals surface area contributed by atoms with Crippen molar-refractivity contribution in [3.63, 3.8) is 0 Å². The first-order valence-corrected chi connectivity index (χ1v) is 17.9. The van der Waals surface area contributed by atoms with Gasteiger partial charge >= 0.3 is 6.03 Å². The fraction of sp³-hybridized carbons (Fsp3) is 0.875. The van der Waals surface area contributed by atoms with Crippen LogP contribution in [0, 0.1) is 23.7 Å². The van der Waals surface area contributed by atoms with E-state index in [4.69, 9.17) is 0 Å². The number of fused-ring (bicyclic) bond motifs is 5. The van der Waals surface area contributed by atoms with Gasteiger partial charge in [0.1, 0.15) is 12.3 Å². The van der Waals surface area contributed by atoms with E-state index in [2.05, 4.69) is 53.1 Å². The monoisotopic (exact) mass is 622 g/mol. The molecule has 2 saturated carbocycles. The first kappa shape index (κ1) is 31.5. The lowest BCUT2D eigenvalue weighted by Crippen LogP contribution is -2.76. The summed E-state index contributed by atoms with van der Waals surface area (Å²) < 4.78 is 32.4. The van der Waals surface area contributed by atoms with Gasteiger partial charge in [-0.1, -0.05) is 20.4 Å². The summed E-state index contributed by atoms with van der Waals surface area (Å²) in [6.45, 7) is 13.6. The van der Waals surface area contributed by atoms with Gasteiger partial charge in [0.05, 0.1) is 12.2 Å². The van der Waals surface area contributed by atoms with Crippen LogP contribution < -0.4 is 16.0 Å². The summed E-state index contributed by atoms with van der Waals surface area (Å²) in [5.41, 5.74) is 0. The van der Waals surface area contributed by atoms with Crippen molar-refractivity contribution < 1.29 is 18.4 Å². The Morgan fingerprint density at radius 2 is 1.88 bits per heavy atom. The topological polar surface area (TPSA) is 80.0 Å². The maximum absolute atomic E-state index is 16.6. The van der Waals surface area contributed by atoms with E-state index in [1.165, 1.54) is 6.08 Å². The highest BCUT2D eigenvalue weighted by molar-refractivity contribution is 8.00. The number of alkyl halides is 2. The lowest BCUT2D eigenvalue weighted by atomic mass is 9.64. The maximum atomic E-state index is 16.6. The number of amides is 3. The zero-order valence-corrected chi connectivity index (χ0v) is 26.9. The van der Waals surface area contributed by atoms with Gasteiger partial charge in [0.15, 0.2) is 0 Å². The number of carbonyl (C=O) groups is 2. The standard InChI is InChI=1S/C32H52F2N6O2S/c1-5-27(41)38-12-13-39(19(4)17-38)31-21-15-23(34)20-16-25(21)40(32(42)37-31)30-26(9-10-36-29(30)18(2)3)43-14-11-35-24-8-6-7-22(33)28(20)24/h5,18-26,28-31,35-36H,1,6-17H2,2-4H3,(H,37,42)/t19-,20?,21?,22?,23?,24?,25?,26?,28?,29?,30?,31?/m0/s1. The number of hydrogen-bond acceptors (Lipinski definition) is 6. The van der Waals surface area contributed by atoms with Gasteiger partial charge in [0.2, 0.25) is 5.91 Å². The van der Waals surface area contributed by atoms with E-state index in [1.54, 1.807) is 4.90 Å². The van der Waals surface area contributed by atoms with Crippen LogP contribution in [0.25, 0.3) is 0 Å². The van der Waals surface area contributed by atoms with Gasteiger partial charge in [0.25, 0.3) is 0 Å². The number of hydrogen-bond donors (Lipinski definition) is 3. The molecule has 6 aliphatic rings. The van der Waals surface area contributed by atoms with Gasteiger partial charge in [-0.05, 0) is 69.9 Å². The molecule has 4 aliphatic heterocycles. The van der Waals surface area contributed by atoms with Crippen LogP contribution in [0.4, 0.5) is 13.6 Å². The van der Waals surface area contributed by atoms with E-state index in [0.717, 1.165) is 38.1 Å². The Bertz CT molecular complexity index is 1040. The first-order valence-electron chi connectivity index (χ1n) is 16.8. The number of halogens is 2. The van der Waals surface area contributed by atoms with Crippen LogP contribution in [0.1, 0.15) is 59.3 Å². The van der Waals surface area contributed by atoms with E-state index in [9.17, 15) is 9.59 Å². The molecule has 3 N–H and O–H groups in total. The Balaban J connectivity index is 1.37. The molecule has 0 radical (unpaired) electrons. The van der Waals surface area contributed by atoms with Gasteiger partial charge in [-0.15, -0.1) is 0 Å². The molecule has 11 heteroatoms. The van der Waals surface area contributed by atoms with Crippen LogP contribution >= 0.6 is 11.8 Å². The second-order valence-electron chi connectivity index (χ2n) is 14.3. The molecule has 3 amide bonds. The van der Waals surface area contributed by atoms with Gasteiger partial charge < -0.3 is 25.8 Å². The summed E-state index contributed by atoms with van der Waals surface area (Å²) >= 11 is 1.95. The van der Waals surface area contributed by atoms with Crippen LogP contribution in [-0.4, -0.2) is 119 Å². The van der Waals surface area contributed by atoms with Crippen molar-refractivity contribution in [2.45, 2.75) is 113 Å². The Morgan fingerprint density at radius 3 is 2.63 bits per heavy atom. The quantitative estimate of drug-likeness (QED) is 0.419. The summed E-state index contributed by atoms with van der Waals surface area (Å²) in [5.74, 6) is 0.232. The summed E-state index contributed by atoms with van der Waals surface area (Å²) in [6, 6.07) is -0.146. The Hall–Kier alpha value is -1.43. The van der Waals surface area contributed by atoms with Gasteiger partial charge in [-0.3, -0.25) is 9.69 Å². The van der Waals surface area contributed by atoms with Crippen molar-refractivity contribution in [2.75, 3.05) is 38.5 Å². The smallest absolute Gasteiger partial charge is 0.319 e. The second kappa shape index (κ2) is 13.1. The molecule has 0 aromatic rings. The van der Waals surface area contributed by atoms with Crippen molar-refractivity contribution in [1.82, 2.24) is 30.7 Å². The normalized spacial score (nSPS) is 44.4. The van der Waals surface area contributed by atoms with Crippen LogP contribution in [0.5, 0.6) is 0 Å². The van der Waals surface area contributed by atoms with E-state index < -0.39 is 18.3 Å². The molecule has 0 aromatic heterocycles. The molecule has 43 heavy (non-hydrogen) atoms. The van der Waals surface area contributed by atoms with E-state index in [0.29, 0.717) is 44.8 Å². The zero-order valence-electron chi connectivity index (χ0n) is 26.1. The largest absolute Gasteiger partial charge is 0.336 e. The average Bonchev–Trinajstić information content (AvgIpc) is 2.98. The zero-order chi connectivity index (χ0) is 30.4. The SMILES string of the molecule is C=CC(=O)N1CCN(C2NC(=O)N3C4CC(C(F)CC42)C2C(F)CCCC2NCCSC2CCNC(C(C)C)C23)[C@@H](C)C1. The van der Waals surface area contributed by atoms with Gasteiger partial charge in [-0.25, -0.2) is 13.6 Å². The molecule has 0 aromatic carbocycles. The lowest BCUT2D eigenvalue weighted by Gasteiger charge is -2.60. The van der Waals surface area contributed by atoms with Crippen LogP contribution in [0.3, 0.4) is 0 Å². The van der Waals surface area contributed by atoms with E-state index in [-0.39, 0.29) is 65.4 Å². The molecule has 8 nitrogen and oxygen atoms in total. The molecule has 242 valence electrons. The van der Waals surface area contributed by atoms with E-state index >= 15 is 8.78 Å². The number of carbonyl (C=O) groups excluding carboxylic acids is 2.